The number of fused-ring (bicyclic) bond motifs is 9. The minimum absolute atomic E-state index is 0.182. The highest BCUT2D eigenvalue weighted by atomic mass is 15.2. The number of aryl methyl sites for hydroxylation is 1. The van der Waals surface area contributed by atoms with Crippen molar-refractivity contribution in [1.29, 1.82) is 0 Å². The molecule has 0 unspecified atom stereocenters. The molecule has 0 atom stereocenters. The Hall–Kier alpha value is -6.06. The molecule has 0 N–H and O–H groups in total. The van der Waals surface area contributed by atoms with Crippen LogP contribution in [0.4, 0.5) is 0 Å². The van der Waals surface area contributed by atoms with Gasteiger partial charge >= 0.3 is 0 Å². The van der Waals surface area contributed by atoms with Gasteiger partial charge in [-0.2, -0.15) is 0 Å². The molecule has 7 aromatic carbocycles. The lowest BCUT2D eigenvalue weighted by atomic mass is 9.43. The summed E-state index contributed by atoms with van der Waals surface area (Å²) in [7, 11) is 0. The fraction of sp³-hybridized carbons (Fsp3) is 0.208. The second-order valence-electron chi connectivity index (χ2n) is 17.5. The quantitative estimate of drug-likeness (QED) is 0.182. The van der Waals surface area contributed by atoms with Crippen molar-refractivity contribution in [3.63, 3.8) is 0 Å². The maximum Gasteiger partial charge on any atom is 0.235 e. The third-order valence-corrected chi connectivity index (χ3v) is 14.6. The van der Waals surface area contributed by atoms with E-state index in [2.05, 4.69) is 157 Å². The zero-order valence-corrected chi connectivity index (χ0v) is 31.5. The molecule has 268 valence electrons. The molecule has 4 bridgehead atoms. The average Bonchev–Trinajstić information content (AvgIpc) is 3.72. The summed E-state index contributed by atoms with van der Waals surface area (Å²) in [6, 6.07) is 54.2. The van der Waals surface area contributed by atoms with Crippen LogP contribution < -0.4 is 0 Å². The molecule has 3 nitrogen and oxygen atoms in total. The lowest BCUT2D eigenvalue weighted by molar-refractivity contribution is -0.0399. The molecular formula is C53H41N3. The van der Waals surface area contributed by atoms with E-state index >= 15 is 0 Å². The van der Waals surface area contributed by atoms with Gasteiger partial charge in [0.1, 0.15) is 0 Å². The number of rotatable bonds is 3. The smallest absolute Gasteiger partial charge is 0.235 e. The molecule has 14 rings (SSSR count). The SMILES string of the molecule is Cc1ccc2c(c1)-c1cc(-c3ccc4c(c3)c3ccc5ccccc5c3n4-c3nc(-c4ccccc4)c4ccccc4n3)ccc1C21C2CC3CC(C2)CC1C3. The number of nitrogens with zero attached hydrogens (tertiary/aromatic N) is 3. The van der Waals surface area contributed by atoms with E-state index < -0.39 is 0 Å². The fourth-order valence-corrected chi connectivity index (χ4v) is 12.6. The van der Waals surface area contributed by atoms with E-state index in [0.29, 0.717) is 5.95 Å². The van der Waals surface area contributed by atoms with Gasteiger partial charge in [0, 0.05) is 32.5 Å². The Morgan fingerprint density at radius 2 is 1.20 bits per heavy atom. The van der Waals surface area contributed by atoms with Crippen molar-refractivity contribution in [2.75, 3.05) is 0 Å². The molecule has 2 aromatic heterocycles. The summed E-state index contributed by atoms with van der Waals surface area (Å²) in [4.78, 5) is 10.7. The Balaban J connectivity index is 1.03. The van der Waals surface area contributed by atoms with Crippen LogP contribution in [0.25, 0.3) is 82.9 Å². The van der Waals surface area contributed by atoms with Crippen LogP contribution in [0.1, 0.15) is 48.8 Å². The average molecular weight is 720 g/mol. The molecule has 0 radical (unpaired) electrons. The Kier molecular flexibility index (Phi) is 6.27. The predicted octanol–water partition coefficient (Wildman–Crippen LogP) is 13.2. The summed E-state index contributed by atoms with van der Waals surface area (Å²) in [6.45, 7) is 2.27. The van der Waals surface area contributed by atoms with Gasteiger partial charge in [-0.3, -0.25) is 4.57 Å². The fourth-order valence-electron chi connectivity index (χ4n) is 12.6. The van der Waals surface area contributed by atoms with Gasteiger partial charge in [-0.25, -0.2) is 9.97 Å². The Morgan fingerprint density at radius 3 is 2.02 bits per heavy atom. The molecule has 0 saturated heterocycles. The molecule has 3 heteroatoms. The molecule has 9 aromatic rings. The van der Waals surface area contributed by atoms with Crippen molar-refractivity contribution in [3.05, 3.63) is 162 Å². The minimum Gasteiger partial charge on any atom is -0.277 e. The molecule has 4 fully saturated rings. The van der Waals surface area contributed by atoms with E-state index in [9.17, 15) is 0 Å². The topological polar surface area (TPSA) is 30.7 Å². The first-order chi connectivity index (χ1) is 27.6. The van der Waals surface area contributed by atoms with Crippen molar-refractivity contribution in [1.82, 2.24) is 14.5 Å². The van der Waals surface area contributed by atoms with Gasteiger partial charge in [0.15, 0.2) is 0 Å². The van der Waals surface area contributed by atoms with Gasteiger partial charge in [0.25, 0.3) is 0 Å². The Labute approximate surface area is 326 Å². The Bertz CT molecular complexity index is 3090. The highest BCUT2D eigenvalue weighted by Crippen LogP contribution is 2.69. The molecule has 0 aliphatic heterocycles. The number of benzene rings is 7. The highest BCUT2D eigenvalue weighted by molar-refractivity contribution is 6.19. The monoisotopic (exact) mass is 719 g/mol. The van der Waals surface area contributed by atoms with Crippen LogP contribution >= 0.6 is 0 Å². The second kappa shape index (κ2) is 11.3. The van der Waals surface area contributed by atoms with Crippen LogP contribution in [-0.2, 0) is 5.41 Å². The van der Waals surface area contributed by atoms with Crippen molar-refractivity contribution in [2.24, 2.45) is 23.7 Å². The summed E-state index contributed by atoms with van der Waals surface area (Å²) in [5.74, 6) is 4.11. The van der Waals surface area contributed by atoms with Crippen LogP contribution in [0, 0.1) is 30.6 Å². The maximum absolute atomic E-state index is 5.39. The third kappa shape index (κ3) is 4.13. The first-order valence-corrected chi connectivity index (χ1v) is 20.7. The standard InChI is InChI=1S/C53H41N3/c1-31-15-20-46-43(23-31)44-29-36(17-21-47(44)53(46)38-25-32-24-33(27-38)28-39(53)26-32)37-18-22-49-45(30-37)41-19-16-34-9-5-6-12-40(34)51(41)56(49)52-54-48-14-8-7-13-42(48)50(55-52)35-10-3-2-4-11-35/h2-23,29-30,32-33,38-39H,24-28H2,1H3. The van der Waals surface area contributed by atoms with Crippen molar-refractivity contribution in [2.45, 2.75) is 44.4 Å². The molecule has 2 heterocycles. The minimum atomic E-state index is 0.182. The molecule has 5 aliphatic carbocycles. The second-order valence-corrected chi connectivity index (χ2v) is 17.5. The maximum atomic E-state index is 5.39. The number of hydrogen-bond acceptors (Lipinski definition) is 2. The number of para-hydroxylation sites is 1. The Morgan fingerprint density at radius 1 is 0.518 bits per heavy atom. The van der Waals surface area contributed by atoms with Crippen molar-refractivity contribution < 1.29 is 0 Å². The first kappa shape index (κ1) is 31.2. The van der Waals surface area contributed by atoms with Crippen molar-refractivity contribution >= 4 is 43.5 Å². The summed E-state index contributed by atoms with van der Waals surface area (Å²) >= 11 is 0. The summed E-state index contributed by atoms with van der Waals surface area (Å²) < 4.78 is 2.31. The van der Waals surface area contributed by atoms with Gasteiger partial charge in [0.2, 0.25) is 5.95 Å². The van der Waals surface area contributed by atoms with E-state index in [1.807, 2.05) is 0 Å². The van der Waals surface area contributed by atoms with E-state index in [1.165, 1.54) is 81.5 Å². The van der Waals surface area contributed by atoms with Gasteiger partial charge in [-0.1, -0.05) is 127 Å². The van der Waals surface area contributed by atoms with E-state index in [0.717, 1.165) is 56.9 Å². The highest BCUT2D eigenvalue weighted by Gasteiger charge is 2.61. The predicted molar refractivity (Wildman–Crippen MR) is 230 cm³/mol. The van der Waals surface area contributed by atoms with Gasteiger partial charge in [-0.15, -0.1) is 0 Å². The normalized spacial score (nSPS) is 23.2. The molecule has 0 amide bonds. The van der Waals surface area contributed by atoms with Crippen LogP contribution in [0.2, 0.25) is 0 Å². The largest absolute Gasteiger partial charge is 0.277 e. The zero-order valence-electron chi connectivity index (χ0n) is 31.5. The van der Waals surface area contributed by atoms with Crippen LogP contribution in [0.3, 0.4) is 0 Å². The van der Waals surface area contributed by atoms with Gasteiger partial charge in [-0.05, 0) is 126 Å². The lowest BCUT2D eigenvalue weighted by Crippen LogP contribution is -2.55. The summed E-state index contributed by atoms with van der Waals surface area (Å²) in [6.07, 6.45) is 7.11. The summed E-state index contributed by atoms with van der Waals surface area (Å²) in [5, 5.41) is 5.90. The molecule has 1 spiro atoms. The molecule has 56 heavy (non-hydrogen) atoms. The summed E-state index contributed by atoms with van der Waals surface area (Å²) in [5.41, 5.74) is 15.5. The third-order valence-electron chi connectivity index (χ3n) is 14.6. The van der Waals surface area contributed by atoms with E-state index in [1.54, 1.807) is 11.1 Å². The lowest BCUT2D eigenvalue weighted by Gasteiger charge is -2.61. The van der Waals surface area contributed by atoms with Crippen LogP contribution in [-0.4, -0.2) is 14.5 Å². The van der Waals surface area contributed by atoms with E-state index in [4.69, 9.17) is 9.97 Å². The van der Waals surface area contributed by atoms with Crippen molar-refractivity contribution in [3.8, 4) is 39.5 Å². The first-order valence-electron chi connectivity index (χ1n) is 20.7. The van der Waals surface area contributed by atoms with Crippen LogP contribution in [0.5, 0.6) is 0 Å². The molecular weight excluding hydrogens is 679 g/mol. The number of aromatic nitrogens is 3. The zero-order chi connectivity index (χ0) is 36.7. The molecule has 4 saturated carbocycles. The van der Waals surface area contributed by atoms with Crippen LogP contribution in [0.15, 0.2) is 146 Å². The van der Waals surface area contributed by atoms with Gasteiger partial charge < -0.3 is 0 Å². The molecule has 5 aliphatic rings. The number of hydrogen-bond donors (Lipinski definition) is 0. The van der Waals surface area contributed by atoms with Gasteiger partial charge in [0.05, 0.1) is 22.2 Å². The van der Waals surface area contributed by atoms with E-state index in [-0.39, 0.29) is 5.41 Å².